The van der Waals surface area contributed by atoms with Crippen molar-refractivity contribution in [3.05, 3.63) is 170 Å². The highest BCUT2D eigenvalue weighted by molar-refractivity contribution is 6.32. The second kappa shape index (κ2) is 9.69. The summed E-state index contributed by atoms with van der Waals surface area (Å²) in [5.41, 5.74) is 9.67. The number of para-hydroxylation sites is 2. The first kappa shape index (κ1) is 25.2. The highest BCUT2D eigenvalue weighted by atomic mass is 15.0. The van der Waals surface area contributed by atoms with Crippen LogP contribution in [0.2, 0.25) is 0 Å². The van der Waals surface area contributed by atoms with Gasteiger partial charge in [-0.3, -0.25) is 0 Å². The normalized spacial score (nSPS) is 11.9. The topological polar surface area (TPSA) is 9.86 Å². The van der Waals surface area contributed by atoms with Crippen LogP contribution in [0.4, 0.5) is 0 Å². The lowest BCUT2D eigenvalue weighted by Gasteiger charge is -2.13. The van der Waals surface area contributed by atoms with Gasteiger partial charge in [0.05, 0.1) is 22.1 Å². The molecule has 2 nitrogen and oxygen atoms in total. The molecule has 0 fully saturated rings. The fourth-order valence-corrected chi connectivity index (χ4v) is 7.71. The largest absolute Gasteiger partial charge is 0.309 e. The molecule has 10 rings (SSSR count). The van der Waals surface area contributed by atoms with E-state index in [0.29, 0.717) is 0 Å². The lowest BCUT2D eigenvalue weighted by Crippen LogP contribution is -1.96. The van der Waals surface area contributed by atoms with Crippen LogP contribution in [-0.4, -0.2) is 9.13 Å². The molecule has 10 aromatic rings. The summed E-state index contributed by atoms with van der Waals surface area (Å²) in [6.45, 7) is 0. The summed E-state index contributed by atoms with van der Waals surface area (Å²) in [5, 5.41) is 10.2. The third kappa shape index (κ3) is 3.53. The quantitative estimate of drug-likeness (QED) is 0.183. The van der Waals surface area contributed by atoms with Gasteiger partial charge in [0.2, 0.25) is 0 Å². The first-order valence-electron chi connectivity index (χ1n) is 15.9. The minimum Gasteiger partial charge on any atom is -0.309 e. The maximum Gasteiger partial charge on any atom is 0.0625 e. The summed E-state index contributed by atoms with van der Waals surface area (Å²) >= 11 is 0. The number of fused-ring (bicyclic) bond motifs is 11. The van der Waals surface area contributed by atoms with E-state index in [1.807, 2.05) is 0 Å². The number of hydrogen-bond donors (Lipinski definition) is 0. The summed E-state index contributed by atoms with van der Waals surface area (Å²) < 4.78 is 4.89. The lowest BCUT2D eigenvalue weighted by molar-refractivity contribution is 1.17. The molecule has 0 saturated heterocycles. The van der Waals surface area contributed by atoms with Crippen molar-refractivity contribution in [1.29, 1.82) is 0 Å². The average molecular weight is 585 g/mol. The molecular weight excluding hydrogens is 556 g/mol. The van der Waals surface area contributed by atoms with E-state index in [2.05, 4.69) is 179 Å². The Bertz CT molecular complexity index is 2780. The summed E-state index contributed by atoms with van der Waals surface area (Å²) in [6.07, 6.45) is 0. The third-order valence-corrected chi connectivity index (χ3v) is 9.69. The molecule has 0 atom stereocenters. The van der Waals surface area contributed by atoms with Crippen molar-refractivity contribution in [3.63, 3.8) is 0 Å². The Balaban J connectivity index is 1.26. The van der Waals surface area contributed by atoms with Crippen LogP contribution in [0.5, 0.6) is 0 Å². The Morgan fingerprint density at radius 3 is 1.52 bits per heavy atom. The molecule has 0 radical (unpaired) electrons. The zero-order valence-electron chi connectivity index (χ0n) is 25.1. The van der Waals surface area contributed by atoms with Crippen LogP contribution in [0.15, 0.2) is 170 Å². The molecule has 46 heavy (non-hydrogen) atoms. The van der Waals surface area contributed by atoms with Gasteiger partial charge in [0, 0.05) is 38.3 Å². The molecule has 2 aromatic heterocycles. The van der Waals surface area contributed by atoms with Crippen molar-refractivity contribution in [2.75, 3.05) is 0 Å². The average Bonchev–Trinajstić information content (AvgIpc) is 3.66. The monoisotopic (exact) mass is 584 g/mol. The van der Waals surface area contributed by atoms with E-state index in [1.165, 1.54) is 82.0 Å². The van der Waals surface area contributed by atoms with Crippen molar-refractivity contribution >= 4 is 65.2 Å². The first-order chi connectivity index (χ1) is 22.8. The number of aromatic nitrogens is 2. The summed E-state index contributed by atoms with van der Waals surface area (Å²) in [4.78, 5) is 0. The molecular formula is C44H28N2. The summed E-state index contributed by atoms with van der Waals surface area (Å²) in [7, 11) is 0. The van der Waals surface area contributed by atoms with Crippen LogP contribution >= 0.6 is 0 Å². The Labute approximate surface area is 266 Å². The zero-order chi connectivity index (χ0) is 30.2. The van der Waals surface area contributed by atoms with Crippen LogP contribution in [0, 0.1) is 0 Å². The molecule has 2 heterocycles. The molecule has 8 aromatic carbocycles. The second-order valence-electron chi connectivity index (χ2n) is 12.1. The number of nitrogens with zero attached hydrogens (tertiary/aromatic N) is 2. The molecule has 0 spiro atoms. The van der Waals surface area contributed by atoms with Gasteiger partial charge in [-0.2, -0.15) is 0 Å². The molecule has 0 aliphatic rings. The standard InChI is InChI=1S/C44H28N2/c1-2-12-29(13-3-1)30-22-24-31(25-23-30)45-40-20-10-8-16-35(40)39-28-32(26-27-42(39)45)46-41-21-11-9-19-38(41)43-36-17-6-4-14-33(36)34-15-5-7-18-37(34)44(43)46/h1-28H. The van der Waals surface area contributed by atoms with Crippen molar-refractivity contribution in [1.82, 2.24) is 9.13 Å². The van der Waals surface area contributed by atoms with E-state index in [0.717, 1.165) is 5.69 Å². The van der Waals surface area contributed by atoms with Crippen LogP contribution in [-0.2, 0) is 0 Å². The van der Waals surface area contributed by atoms with E-state index < -0.39 is 0 Å². The van der Waals surface area contributed by atoms with Crippen molar-refractivity contribution in [2.45, 2.75) is 0 Å². The van der Waals surface area contributed by atoms with Gasteiger partial charge in [-0.05, 0) is 69.8 Å². The van der Waals surface area contributed by atoms with E-state index in [-0.39, 0.29) is 0 Å². The van der Waals surface area contributed by atoms with Crippen LogP contribution < -0.4 is 0 Å². The summed E-state index contributed by atoms with van der Waals surface area (Å²) in [6, 6.07) is 61.9. The molecule has 0 N–H and O–H groups in total. The van der Waals surface area contributed by atoms with Crippen molar-refractivity contribution < 1.29 is 0 Å². The maximum atomic E-state index is 2.49. The van der Waals surface area contributed by atoms with E-state index in [1.54, 1.807) is 0 Å². The van der Waals surface area contributed by atoms with Gasteiger partial charge in [0.1, 0.15) is 0 Å². The number of rotatable bonds is 3. The molecule has 0 bridgehead atoms. The fourth-order valence-electron chi connectivity index (χ4n) is 7.71. The van der Waals surface area contributed by atoms with Gasteiger partial charge in [-0.15, -0.1) is 0 Å². The predicted octanol–water partition coefficient (Wildman–Crippen LogP) is 11.9. The Hall–Kier alpha value is -6.12. The zero-order valence-corrected chi connectivity index (χ0v) is 25.1. The maximum absolute atomic E-state index is 2.49. The van der Waals surface area contributed by atoms with Gasteiger partial charge in [0.15, 0.2) is 0 Å². The van der Waals surface area contributed by atoms with E-state index >= 15 is 0 Å². The number of hydrogen-bond acceptors (Lipinski definition) is 0. The highest BCUT2D eigenvalue weighted by Crippen LogP contribution is 2.43. The minimum absolute atomic E-state index is 1.16. The van der Waals surface area contributed by atoms with E-state index in [9.17, 15) is 0 Å². The second-order valence-corrected chi connectivity index (χ2v) is 12.1. The predicted molar refractivity (Wildman–Crippen MR) is 196 cm³/mol. The Morgan fingerprint density at radius 1 is 0.283 bits per heavy atom. The van der Waals surface area contributed by atoms with Crippen LogP contribution in [0.1, 0.15) is 0 Å². The smallest absolute Gasteiger partial charge is 0.0625 e. The van der Waals surface area contributed by atoms with Gasteiger partial charge < -0.3 is 9.13 Å². The van der Waals surface area contributed by atoms with Gasteiger partial charge in [-0.25, -0.2) is 0 Å². The third-order valence-electron chi connectivity index (χ3n) is 9.69. The molecule has 0 aliphatic carbocycles. The Kier molecular flexibility index (Phi) is 5.31. The van der Waals surface area contributed by atoms with Gasteiger partial charge in [-0.1, -0.05) is 127 Å². The minimum atomic E-state index is 1.16. The number of benzene rings is 8. The lowest BCUT2D eigenvalue weighted by atomic mass is 9.97. The Morgan fingerprint density at radius 2 is 0.783 bits per heavy atom. The molecule has 0 amide bonds. The summed E-state index contributed by atoms with van der Waals surface area (Å²) in [5.74, 6) is 0. The van der Waals surface area contributed by atoms with Crippen molar-refractivity contribution in [3.8, 4) is 22.5 Å². The molecule has 0 aliphatic heterocycles. The van der Waals surface area contributed by atoms with Crippen molar-refractivity contribution in [2.24, 2.45) is 0 Å². The SMILES string of the molecule is c1ccc(-c2ccc(-n3c4ccccc4c4cc(-n5c6ccccc6c6c7ccccc7c7ccccc7c65)ccc43)cc2)cc1. The van der Waals surface area contributed by atoms with Crippen LogP contribution in [0.3, 0.4) is 0 Å². The van der Waals surface area contributed by atoms with Gasteiger partial charge in [0.25, 0.3) is 0 Å². The molecule has 214 valence electrons. The highest BCUT2D eigenvalue weighted by Gasteiger charge is 2.20. The first-order valence-corrected chi connectivity index (χ1v) is 15.9. The molecule has 0 unspecified atom stereocenters. The fraction of sp³-hybridized carbons (Fsp3) is 0. The van der Waals surface area contributed by atoms with E-state index in [4.69, 9.17) is 0 Å². The molecule has 0 saturated carbocycles. The van der Waals surface area contributed by atoms with Crippen LogP contribution in [0.25, 0.3) is 87.7 Å². The van der Waals surface area contributed by atoms with Gasteiger partial charge >= 0.3 is 0 Å². The molecule has 2 heteroatoms.